The lowest BCUT2D eigenvalue weighted by Crippen LogP contribution is -2.65. The first-order valence-electron chi connectivity index (χ1n) is 20.4. The number of benzene rings is 3. The number of ether oxygens (including phenoxy) is 1. The number of rotatable bonds is 12. The molecular weight excluding hydrogens is 768 g/mol. The summed E-state index contributed by atoms with van der Waals surface area (Å²) in [5, 5.41) is 3.12. The highest BCUT2D eigenvalue weighted by Gasteiger charge is 2.54. The fraction of sp³-hybridized carbons (Fsp3) is 0.500. The highest BCUT2D eigenvalue weighted by atomic mass is 32.2. The first-order chi connectivity index (χ1) is 27.8. The Morgan fingerprint density at radius 3 is 2.33 bits per heavy atom. The second kappa shape index (κ2) is 16.0. The van der Waals surface area contributed by atoms with E-state index in [0.29, 0.717) is 31.7 Å². The van der Waals surface area contributed by atoms with E-state index in [9.17, 15) is 18.0 Å². The quantitative estimate of drug-likeness (QED) is 0.213. The zero-order chi connectivity index (χ0) is 40.8. The third-order valence-electron chi connectivity index (χ3n) is 13.5. The van der Waals surface area contributed by atoms with Gasteiger partial charge in [0.1, 0.15) is 11.6 Å². The average Bonchev–Trinajstić information content (AvgIpc) is 3.84. The van der Waals surface area contributed by atoms with Gasteiger partial charge in [-0.3, -0.25) is 9.69 Å². The number of amides is 2. The number of nitrogens with zero attached hydrogens (tertiary/aromatic N) is 4. The summed E-state index contributed by atoms with van der Waals surface area (Å²) in [7, 11) is -2.75. The maximum atomic E-state index is 16.4. The fourth-order valence-electron chi connectivity index (χ4n) is 10.6. The van der Waals surface area contributed by atoms with E-state index in [1.54, 1.807) is 23.1 Å². The van der Waals surface area contributed by atoms with Gasteiger partial charge in [0.05, 0.1) is 35.7 Å². The number of sulfone groups is 1. The molecule has 0 unspecified atom stereocenters. The van der Waals surface area contributed by atoms with E-state index in [0.717, 1.165) is 75.4 Å². The molecule has 1 N–H and O–H groups in total. The van der Waals surface area contributed by atoms with Crippen LogP contribution >= 0.6 is 0 Å². The third-order valence-corrected chi connectivity index (χ3v) is 15.3. The summed E-state index contributed by atoms with van der Waals surface area (Å²) in [6.45, 7) is 8.10. The maximum Gasteiger partial charge on any atom is 0.407 e. The monoisotopic (exact) mass is 819 g/mol. The highest BCUT2D eigenvalue weighted by molar-refractivity contribution is 7.91. The van der Waals surface area contributed by atoms with Gasteiger partial charge in [0, 0.05) is 36.8 Å². The van der Waals surface area contributed by atoms with E-state index in [1.165, 1.54) is 48.4 Å². The van der Waals surface area contributed by atoms with Crippen molar-refractivity contribution >= 4 is 33.2 Å². The molecule has 310 valence electrons. The van der Waals surface area contributed by atoms with Crippen molar-refractivity contribution in [3.63, 3.8) is 0 Å². The zero-order valence-corrected chi connectivity index (χ0v) is 33.8. The second-order valence-electron chi connectivity index (χ2n) is 16.9. The summed E-state index contributed by atoms with van der Waals surface area (Å²) in [4.78, 5) is 32.2. The van der Waals surface area contributed by atoms with Crippen molar-refractivity contribution < 1.29 is 35.9 Å². The third kappa shape index (κ3) is 7.51. The van der Waals surface area contributed by atoms with Crippen LogP contribution in [0.3, 0.4) is 0 Å². The number of alkyl carbamates (subject to hydrolysis) is 1. The van der Waals surface area contributed by atoms with Crippen molar-refractivity contribution in [3.05, 3.63) is 96.1 Å². The fourth-order valence-corrected chi connectivity index (χ4v) is 11.9. The van der Waals surface area contributed by atoms with E-state index in [2.05, 4.69) is 21.7 Å². The van der Waals surface area contributed by atoms with Crippen molar-refractivity contribution in [1.29, 1.82) is 0 Å². The van der Waals surface area contributed by atoms with Crippen LogP contribution in [0, 0.1) is 23.5 Å². The summed E-state index contributed by atoms with van der Waals surface area (Å²) in [5.41, 5.74) is 0.429. The standard InChI is InChI=1S/C44H52F3N5O5S/c1-3-41(53)52-22-15-30-11-12-35(25-40(30)52)58(55,56)34-13-14-39(37(46)24-34)51-27-43(47,28-51)26-50-20-16-31(17-21-50)44(29-49-18-6-19-49,32-7-4-8-33(45)23-32)36-9-5-10-38(36)48-42(54)57-2/h3-4,7-8,11-14,23-25,31,36,38H,1,5-6,9-10,15-22,26-29H2,2H3,(H,48,54)/t36-,38-,44-/m0/s1. The van der Waals surface area contributed by atoms with Crippen molar-refractivity contribution in [2.24, 2.45) is 11.8 Å². The largest absolute Gasteiger partial charge is 0.453 e. The number of piperidine rings is 1. The van der Waals surface area contributed by atoms with Crippen LogP contribution in [0.5, 0.6) is 0 Å². The molecule has 5 aliphatic rings. The first kappa shape index (κ1) is 40.4. The van der Waals surface area contributed by atoms with Gasteiger partial charge in [-0.25, -0.2) is 26.4 Å². The number of halogens is 3. The molecule has 14 heteroatoms. The molecule has 0 radical (unpaired) electrons. The summed E-state index contributed by atoms with van der Waals surface area (Å²) in [6.07, 6.45) is 6.67. The lowest BCUT2D eigenvalue weighted by Gasteiger charge is -2.54. The van der Waals surface area contributed by atoms with Crippen molar-refractivity contribution in [2.75, 3.05) is 75.8 Å². The maximum absolute atomic E-state index is 16.4. The SMILES string of the molecule is C=CC(=O)N1CCc2ccc(S(=O)(=O)c3ccc(N4CC(F)(CN5CCC([C@@](CN6CCC6)(c6cccc(F)c6)[C@H]6CCC[C@@H]6NC(=O)OC)CC5)C4)c(F)c3)cc21. The Morgan fingerprint density at radius 1 is 0.914 bits per heavy atom. The first-order valence-corrected chi connectivity index (χ1v) is 21.9. The number of likely N-dealkylation sites (tertiary alicyclic amines) is 2. The van der Waals surface area contributed by atoms with Gasteiger partial charge in [0.15, 0.2) is 5.67 Å². The second-order valence-corrected chi connectivity index (χ2v) is 18.8. The Labute approximate surface area is 338 Å². The normalized spacial score (nSPS) is 23.4. The molecule has 1 saturated carbocycles. The molecular formula is C44H52F3N5O5S. The predicted molar refractivity (Wildman–Crippen MR) is 216 cm³/mol. The van der Waals surface area contributed by atoms with Gasteiger partial charge in [-0.1, -0.05) is 31.2 Å². The van der Waals surface area contributed by atoms with Gasteiger partial charge in [0.25, 0.3) is 0 Å². The molecule has 3 saturated heterocycles. The number of methoxy groups -OCH3 is 1. The number of anilines is 2. The number of carbonyl (C=O) groups is 2. The Bertz CT molecular complexity index is 2170. The number of nitrogens with one attached hydrogen (secondary N) is 1. The van der Waals surface area contributed by atoms with Crippen LogP contribution in [-0.2, 0) is 31.2 Å². The smallest absolute Gasteiger partial charge is 0.407 e. The summed E-state index contributed by atoms with van der Waals surface area (Å²) < 4.78 is 79.2. The van der Waals surface area contributed by atoms with E-state index >= 15 is 13.2 Å². The lowest BCUT2D eigenvalue weighted by molar-refractivity contribution is -0.114. The van der Waals surface area contributed by atoms with Gasteiger partial charge in [0.2, 0.25) is 15.7 Å². The lowest BCUT2D eigenvalue weighted by atomic mass is 9.57. The van der Waals surface area contributed by atoms with Gasteiger partial charge in [-0.2, -0.15) is 0 Å². The van der Waals surface area contributed by atoms with Crippen LogP contribution in [0.2, 0.25) is 0 Å². The van der Waals surface area contributed by atoms with E-state index < -0.39 is 32.8 Å². The molecule has 0 aromatic heterocycles. The average molecular weight is 820 g/mol. The Morgan fingerprint density at radius 2 is 1.66 bits per heavy atom. The Kier molecular flexibility index (Phi) is 11.1. The molecule has 4 heterocycles. The minimum Gasteiger partial charge on any atom is -0.453 e. The number of hydrogen-bond donors (Lipinski definition) is 1. The predicted octanol–water partition coefficient (Wildman–Crippen LogP) is 6.28. The highest BCUT2D eigenvalue weighted by Crippen LogP contribution is 2.52. The van der Waals surface area contributed by atoms with Crippen LogP contribution in [0.25, 0.3) is 0 Å². The number of alkyl halides is 1. The molecule has 0 bridgehead atoms. The molecule has 58 heavy (non-hydrogen) atoms. The van der Waals surface area contributed by atoms with Crippen molar-refractivity contribution in [2.45, 2.75) is 71.9 Å². The molecule has 4 aliphatic heterocycles. The molecule has 4 fully saturated rings. The number of fused-ring (bicyclic) bond motifs is 1. The van der Waals surface area contributed by atoms with Crippen LogP contribution < -0.4 is 15.1 Å². The van der Waals surface area contributed by atoms with Gasteiger partial charge in [-0.15, -0.1) is 0 Å². The molecule has 10 nitrogen and oxygen atoms in total. The van der Waals surface area contributed by atoms with Crippen LogP contribution in [0.4, 0.5) is 29.3 Å². The molecule has 3 aromatic rings. The van der Waals surface area contributed by atoms with Crippen molar-refractivity contribution in [3.8, 4) is 0 Å². The summed E-state index contributed by atoms with van der Waals surface area (Å²) in [6, 6.07) is 15.2. The molecule has 3 aromatic carbocycles. The van der Waals surface area contributed by atoms with Gasteiger partial charge < -0.3 is 24.8 Å². The van der Waals surface area contributed by atoms with Crippen LogP contribution in [0.1, 0.15) is 49.7 Å². The van der Waals surface area contributed by atoms with E-state index in [4.69, 9.17) is 4.74 Å². The van der Waals surface area contributed by atoms with Gasteiger partial charge >= 0.3 is 6.09 Å². The molecule has 3 atom stereocenters. The Balaban J connectivity index is 0.943. The minimum atomic E-state index is -4.12. The van der Waals surface area contributed by atoms with Crippen LogP contribution in [0.15, 0.2) is 83.1 Å². The molecule has 1 aliphatic carbocycles. The summed E-state index contributed by atoms with van der Waals surface area (Å²) in [5.74, 6) is -1.12. The van der Waals surface area contributed by atoms with Crippen LogP contribution in [-0.4, -0.2) is 108 Å². The van der Waals surface area contributed by atoms with E-state index in [-0.39, 0.29) is 64.7 Å². The molecule has 8 rings (SSSR count). The Hall–Kier alpha value is -4.40. The number of hydrogen-bond acceptors (Lipinski definition) is 8. The topological polar surface area (TPSA) is 103 Å². The zero-order valence-electron chi connectivity index (χ0n) is 33.0. The van der Waals surface area contributed by atoms with Crippen molar-refractivity contribution in [1.82, 2.24) is 15.1 Å². The van der Waals surface area contributed by atoms with Gasteiger partial charge in [-0.05, 0) is 136 Å². The summed E-state index contributed by atoms with van der Waals surface area (Å²) >= 11 is 0. The number of carbonyl (C=O) groups excluding carboxylic acids is 2. The molecule has 2 amide bonds. The van der Waals surface area contributed by atoms with E-state index in [1.807, 2.05) is 6.07 Å². The minimum absolute atomic E-state index is 0.0287. The molecule has 0 spiro atoms.